The number of guanidine groups is 1. The molecule has 0 aliphatic carbocycles. The fourth-order valence-electron chi connectivity index (χ4n) is 2.54. The number of ether oxygens (including phenoxy) is 2. The predicted molar refractivity (Wildman–Crippen MR) is 89.6 cm³/mol. The summed E-state index contributed by atoms with van der Waals surface area (Å²) in [6.07, 6.45) is 5.90. The second kappa shape index (κ2) is 9.18. The molecule has 0 saturated carbocycles. The van der Waals surface area contributed by atoms with Gasteiger partial charge in [-0.05, 0) is 25.0 Å². The Morgan fingerprint density at radius 3 is 2.64 bits per heavy atom. The van der Waals surface area contributed by atoms with Crippen LogP contribution in [0.4, 0.5) is 0 Å². The standard InChI is InChI=1S/C17H27N3O2/c1-21-15-8-6-9-16(14-15)22-13-7-10-19-17(18)20-11-4-2-3-5-12-20/h6,8-9,14H,2-5,7,10-13H2,1H3,(H2,18,19). The highest BCUT2D eigenvalue weighted by molar-refractivity contribution is 5.78. The van der Waals surface area contributed by atoms with Crippen molar-refractivity contribution in [1.29, 1.82) is 0 Å². The second-order valence-electron chi connectivity index (χ2n) is 5.52. The van der Waals surface area contributed by atoms with E-state index < -0.39 is 0 Å². The van der Waals surface area contributed by atoms with Crippen LogP contribution in [0, 0.1) is 0 Å². The van der Waals surface area contributed by atoms with E-state index >= 15 is 0 Å². The van der Waals surface area contributed by atoms with E-state index in [4.69, 9.17) is 15.2 Å². The van der Waals surface area contributed by atoms with Crippen LogP contribution < -0.4 is 15.2 Å². The van der Waals surface area contributed by atoms with Crippen molar-refractivity contribution < 1.29 is 9.47 Å². The minimum absolute atomic E-state index is 0.629. The lowest BCUT2D eigenvalue weighted by Crippen LogP contribution is -2.38. The highest BCUT2D eigenvalue weighted by Gasteiger charge is 2.10. The first kappa shape index (κ1) is 16.5. The van der Waals surface area contributed by atoms with Gasteiger partial charge in [-0.3, -0.25) is 4.99 Å². The third kappa shape index (κ3) is 5.47. The largest absolute Gasteiger partial charge is 0.497 e. The Bertz CT molecular complexity index is 469. The molecule has 2 rings (SSSR count). The SMILES string of the molecule is COc1cccc(OCCCN=C(N)N2CCCCCC2)c1. The second-order valence-corrected chi connectivity index (χ2v) is 5.52. The van der Waals surface area contributed by atoms with Crippen molar-refractivity contribution in [3.63, 3.8) is 0 Å². The Hall–Kier alpha value is -1.91. The van der Waals surface area contributed by atoms with Crippen molar-refractivity contribution in [3.05, 3.63) is 24.3 Å². The zero-order chi connectivity index (χ0) is 15.6. The minimum Gasteiger partial charge on any atom is -0.497 e. The van der Waals surface area contributed by atoms with Gasteiger partial charge in [0.15, 0.2) is 5.96 Å². The van der Waals surface area contributed by atoms with Gasteiger partial charge < -0.3 is 20.1 Å². The van der Waals surface area contributed by atoms with Gasteiger partial charge in [0.1, 0.15) is 11.5 Å². The highest BCUT2D eigenvalue weighted by Crippen LogP contribution is 2.18. The Labute approximate surface area is 133 Å². The van der Waals surface area contributed by atoms with Crippen LogP contribution in [0.2, 0.25) is 0 Å². The van der Waals surface area contributed by atoms with Crippen molar-refractivity contribution in [1.82, 2.24) is 4.90 Å². The molecule has 0 unspecified atom stereocenters. The van der Waals surface area contributed by atoms with Crippen LogP contribution >= 0.6 is 0 Å². The molecule has 0 spiro atoms. The molecule has 0 aromatic heterocycles. The van der Waals surface area contributed by atoms with Crippen molar-refractivity contribution in [2.45, 2.75) is 32.1 Å². The van der Waals surface area contributed by atoms with Crippen LogP contribution in [-0.2, 0) is 0 Å². The number of nitrogens with zero attached hydrogens (tertiary/aromatic N) is 2. The minimum atomic E-state index is 0.629. The summed E-state index contributed by atoms with van der Waals surface area (Å²) in [5, 5.41) is 0. The normalized spacial score (nSPS) is 16.2. The van der Waals surface area contributed by atoms with E-state index in [1.807, 2.05) is 24.3 Å². The molecule has 0 bridgehead atoms. The van der Waals surface area contributed by atoms with Gasteiger partial charge in [-0.1, -0.05) is 18.9 Å². The first-order valence-corrected chi connectivity index (χ1v) is 8.11. The van der Waals surface area contributed by atoms with Gasteiger partial charge in [0, 0.05) is 32.1 Å². The summed E-state index contributed by atoms with van der Waals surface area (Å²) in [7, 11) is 1.65. The fourth-order valence-corrected chi connectivity index (χ4v) is 2.54. The van der Waals surface area contributed by atoms with Crippen LogP contribution in [0.15, 0.2) is 29.3 Å². The molecule has 1 aliphatic heterocycles. The van der Waals surface area contributed by atoms with Crippen molar-refractivity contribution in [3.8, 4) is 11.5 Å². The summed E-state index contributed by atoms with van der Waals surface area (Å²) in [4.78, 5) is 6.67. The lowest BCUT2D eigenvalue weighted by Gasteiger charge is -2.21. The third-order valence-electron chi connectivity index (χ3n) is 3.82. The molecule has 1 aromatic rings. The van der Waals surface area contributed by atoms with Crippen molar-refractivity contribution in [2.75, 3.05) is 33.4 Å². The molecule has 1 aliphatic rings. The first-order chi connectivity index (χ1) is 10.8. The lowest BCUT2D eigenvalue weighted by atomic mass is 10.2. The molecule has 0 atom stereocenters. The predicted octanol–water partition coefficient (Wildman–Crippen LogP) is 2.65. The van der Waals surface area contributed by atoms with E-state index in [1.165, 1.54) is 25.7 Å². The molecule has 2 N–H and O–H groups in total. The summed E-state index contributed by atoms with van der Waals surface area (Å²) in [6, 6.07) is 7.63. The monoisotopic (exact) mass is 305 g/mol. The topological polar surface area (TPSA) is 60.1 Å². The zero-order valence-electron chi connectivity index (χ0n) is 13.5. The highest BCUT2D eigenvalue weighted by atomic mass is 16.5. The summed E-state index contributed by atoms with van der Waals surface area (Å²) in [6.45, 7) is 3.40. The first-order valence-electron chi connectivity index (χ1n) is 8.11. The average Bonchev–Trinajstić information content (AvgIpc) is 2.84. The average molecular weight is 305 g/mol. The Kier molecular flexibility index (Phi) is 6.87. The Balaban J connectivity index is 1.68. The summed E-state index contributed by atoms with van der Waals surface area (Å²) in [5.74, 6) is 2.31. The number of rotatable bonds is 6. The molecular weight excluding hydrogens is 278 g/mol. The molecule has 22 heavy (non-hydrogen) atoms. The van der Waals surface area contributed by atoms with Gasteiger partial charge in [-0.2, -0.15) is 0 Å². The van der Waals surface area contributed by atoms with Gasteiger partial charge >= 0.3 is 0 Å². The van der Waals surface area contributed by atoms with Crippen LogP contribution in [0.5, 0.6) is 11.5 Å². The summed E-state index contributed by atoms with van der Waals surface area (Å²) >= 11 is 0. The summed E-state index contributed by atoms with van der Waals surface area (Å²) in [5.41, 5.74) is 6.07. The Morgan fingerprint density at radius 2 is 1.91 bits per heavy atom. The zero-order valence-corrected chi connectivity index (χ0v) is 13.5. The summed E-state index contributed by atoms with van der Waals surface area (Å²) < 4.78 is 10.9. The smallest absolute Gasteiger partial charge is 0.191 e. The van der Waals surface area contributed by atoms with Gasteiger partial charge in [-0.25, -0.2) is 0 Å². The van der Waals surface area contributed by atoms with Gasteiger partial charge in [0.05, 0.1) is 13.7 Å². The molecular formula is C17H27N3O2. The number of hydrogen-bond acceptors (Lipinski definition) is 3. The number of benzene rings is 1. The van der Waals surface area contributed by atoms with Crippen LogP contribution in [-0.4, -0.2) is 44.2 Å². The third-order valence-corrected chi connectivity index (χ3v) is 3.82. The molecule has 122 valence electrons. The van der Waals surface area contributed by atoms with Crippen molar-refractivity contribution in [2.24, 2.45) is 10.7 Å². The van der Waals surface area contributed by atoms with E-state index in [2.05, 4.69) is 9.89 Å². The Morgan fingerprint density at radius 1 is 1.18 bits per heavy atom. The van der Waals surface area contributed by atoms with Gasteiger partial charge in [0.25, 0.3) is 0 Å². The molecule has 1 heterocycles. The van der Waals surface area contributed by atoms with Gasteiger partial charge in [0.2, 0.25) is 0 Å². The maximum Gasteiger partial charge on any atom is 0.191 e. The van der Waals surface area contributed by atoms with Crippen LogP contribution in [0.25, 0.3) is 0 Å². The quantitative estimate of drug-likeness (QED) is 0.499. The maximum absolute atomic E-state index is 6.07. The number of hydrogen-bond donors (Lipinski definition) is 1. The molecule has 5 heteroatoms. The number of aliphatic imine (C=N–C) groups is 1. The number of likely N-dealkylation sites (tertiary alicyclic amines) is 1. The van der Waals surface area contributed by atoms with Gasteiger partial charge in [-0.15, -0.1) is 0 Å². The van der Waals surface area contributed by atoms with E-state index in [9.17, 15) is 0 Å². The van der Waals surface area contributed by atoms with E-state index in [0.717, 1.165) is 31.0 Å². The fraction of sp³-hybridized carbons (Fsp3) is 0.588. The molecule has 1 fully saturated rings. The maximum atomic E-state index is 6.07. The van der Waals surface area contributed by atoms with E-state index in [1.54, 1.807) is 7.11 Å². The van der Waals surface area contributed by atoms with Crippen LogP contribution in [0.3, 0.4) is 0 Å². The van der Waals surface area contributed by atoms with Crippen molar-refractivity contribution >= 4 is 5.96 Å². The van der Waals surface area contributed by atoms with E-state index in [0.29, 0.717) is 19.1 Å². The lowest BCUT2D eigenvalue weighted by molar-refractivity contribution is 0.310. The van der Waals surface area contributed by atoms with E-state index in [-0.39, 0.29) is 0 Å². The number of methoxy groups -OCH3 is 1. The van der Waals surface area contributed by atoms with Crippen LogP contribution in [0.1, 0.15) is 32.1 Å². The number of nitrogens with two attached hydrogens (primary N) is 1. The molecule has 1 saturated heterocycles. The molecule has 1 aromatic carbocycles. The molecule has 5 nitrogen and oxygen atoms in total. The molecule has 0 amide bonds. The molecule has 0 radical (unpaired) electrons.